The van der Waals surface area contributed by atoms with Crippen molar-refractivity contribution >= 4 is 0 Å². The van der Waals surface area contributed by atoms with Gasteiger partial charge in [0.1, 0.15) is 0 Å². The number of nitrogens with one attached hydrogen (secondary N) is 1. The van der Waals surface area contributed by atoms with Crippen LogP contribution in [0, 0.1) is 12.0 Å². The Morgan fingerprint density at radius 1 is 1.62 bits per heavy atom. The van der Waals surface area contributed by atoms with Gasteiger partial charge in [-0.3, -0.25) is 0 Å². The van der Waals surface area contributed by atoms with Crippen LogP contribution in [0.25, 0.3) is 0 Å². The van der Waals surface area contributed by atoms with Gasteiger partial charge in [0, 0.05) is 6.54 Å². The van der Waals surface area contributed by atoms with Gasteiger partial charge in [0.15, 0.2) is 0 Å². The second-order valence-corrected chi connectivity index (χ2v) is 2.56. The van der Waals surface area contributed by atoms with Crippen LogP contribution in [0.15, 0.2) is 12.2 Å². The third-order valence-electron chi connectivity index (χ3n) is 1.95. The van der Waals surface area contributed by atoms with Crippen molar-refractivity contribution in [1.29, 1.82) is 0 Å². The highest BCUT2D eigenvalue weighted by Gasteiger charge is 2.21. The summed E-state index contributed by atoms with van der Waals surface area (Å²) in [7, 11) is 0. The molecule has 2 bridgehead atoms. The minimum atomic E-state index is 0.840. The van der Waals surface area contributed by atoms with Gasteiger partial charge in [-0.05, 0) is 18.8 Å². The Hall–Kier alpha value is -0.300. The number of fused-ring (bicyclic) bond motifs is 2. The second-order valence-electron chi connectivity index (χ2n) is 2.56. The van der Waals surface area contributed by atoms with Crippen LogP contribution >= 0.6 is 0 Å². The van der Waals surface area contributed by atoms with Crippen LogP contribution in [0.1, 0.15) is 12.8 Å². The van der Waals surface area contributed by atoms with Gasteiger partial charge in [-0.15, -0.1) is 0 Å². The average molecular weight is 108 g/mol. The SMILES string of the molecule is C1=CC2CC[C]1NC2. The van der Waals surface area contributed by atoms with Crippen LogP contribution < -0.4 is 5.32 Å². The number of rotatable bonds is 0. The Morgan fingerprint density at radius 2 is 2.62 bits per heavy atom. The third-order valence-corrected chi connectivity index (χ3v) is 1.95. The van der Waals surface area contributed by atoms with Crippen LogP contribution in [0.4, 0.5) is 0 Å². The molecule has 2 aliphatic heterocycles. The lowest BCUT2D eigenvalue weighted by atomic mass is 9.88. The topological polar surface area (TPSA) is 12.0 Å². The summed E-state index contributed by atoms with van der Waals surface area (Å²) < 4.78 is 0. The van der Waals surface area contributed by atoms with Gasteiger partial charge in [0.25, 0.3) is 0 Å². The highest BCUT2D eigenvalue weighted by atomic mass is 14.9. The molecule has 43 valence electrons. The molecule has 1 saturated heterocycles. The molecule has 1 unspecified atom stereocenters. The van der Waals surface area contributed by atoms with E-state index in [-0.39, 0.29) is 0 Å². The summed E-state index contributed by atoms with van der Waals surface area (Å²) in [4.78, 5) is 0. The van der Waals surface area contributed by atoms with Crippen molar-refractivity contribution in [3.63, 3.8) is 0 Å². The molecule has 1 aliphatic carbocycles. The molecule has 0 aromatic rings. The van der Waals surface area contributed by atoms with Crippen LogP contribution in [0.2, 0.25) is 0 Å². The van der Waals surface area contributed by atoms with Gasteiger partial charge in [-0.1, -0.05) is 12.2 Å². The summed E-state index contributed by atoms with van der Waals surface area (Å²) >= 11 is 0. The van der Waals surface area contributed by atoms with Crippen LogP contribution in [0.3, 0.4) is 0 Å². The van der Waals surface area contributed by atoms with Crippen molar-refractivity contribution in [1.82, 2.24) is 5.32 Å². The molecule has 1 atom stereocenters. The molecule has 0 aromatic carbocycles. The predicted molar refractivity (Wildman–Crippen MR) is 33.1 cm³/mol. The number of piperidine rings is 1. The zero-order valence-corrected chi connectivity index (χ0v) is 4.85. The summed E-state index contributed by atoms with van der Waals surface area (Å²) in [6.45, 7) is 1.19. The Balaban J connectivity index is 2.20. The molecule has 8 heavy (non-hydrogen) atoms. The normalized spacial score (nSPS) is 36.2. The second kappa shape index (κ2) is 1.59. The van der Waals surface area contributed by atoms with Crippen molar-refractivity contribution in [2.45, 2.75) is 12.8 Å². The van der Waals surface area contributed by atoms with Gasteiger partial charge in [-0.2, -0.15) is 0 Å². The zero-order chi connectivity index (χ0) is 5.40. The van der Waals surface area contributed by atoms with Crippen molar-refractivity contribution in [2.24, 2.45) is 5.92 Å². The Kier molecular flexibility index (Phi) is 0.908. The van der Waals surface area contributed by atoms with Crippen molar-refractivity contribution < 1.29 is 0 Å². The van der Waals surface area contributed by atoms with E-state index in [0.717, 1.165) is 5.92 Å². The Morgan fingerprint density at radius 3 is 2.75 bits per heavy atom. The van der Waals surface area contributed by atoms with Gasteiger partial charge in [-0.25, -0.2) is 0 Å². The molecular weight excluding hydrogens is 98.1 g/mol. The van der Waals surface area contributed by atoms with E-state index < -0.39 is 0 Å². The minimum Gasteiger partial charge on any atom is -0.305 e. The summed E-state index contributed by atoms with van der Waals surface area (Å²) in [5, 5.41) is 3.35. The first-order valence-electron chi connectivity index (χ1n) is 3.23. The Labute approximate surface area is 49.8 Å². The molecule has 1 radical (unpaired) electrons. The molecule has 3 rings (SSSR count). The van der Waals surface area contributed by atoms with Gasteiger partial charge in [0.05, 0.1) is 6.04 Å². The maximum Gasteiger partial charge on any atom is 0.0586 e. The molecule has 0 amide bonds. The van der Waals surface area contributed by atoms with E-state index in [2.05, 4.69) is 17.5 Å². The summed E-state index contributed by atoms with van der Waals surface area (Å²) in [5.41, 5.74) is 0. The van der Waals surface area contributed by atoms with Crippen LogP contribution in [-0.2, 0) is 0 Å². The van der Waals surface area contributed by atoms with E-state index in [9.17, 15) is 0 Å². The maximum atomic E-state index is 3.35. The Bertz CT molecular complexity index is 95.6. The van der Waals surface area contributed by atoms with E-state index >= 15 is 0 Å². The van der Waals surface area contributed by atoms with Gasteiger partial charge in [0.2, 0.25) is 0 Å². The largest absolute Gasteiger partial charge is 0.305 e. The summed E-state index contributed by atoms with van der Waals surface area (Å²) in [6.07, 6.45) is 7.19. The first-order valence-corrected chi connectivity index (χ1v) is 3.23. The molecule has 1 fully saturated rings. The fraction of sp³-hybridized carbons (Fsp3) is 0.571. The first-order chi connectivity index (χ1) is 3.95. The van der Waals surface area contributed by atoms with E-state index in [1.807, 2.05) is 0 Å². The van der Waals surface area contributed by atoms with Crippen LogP contribution in [0.5, 0.6) is 0 Å². The third kappa shape index (κ3) is 0.583. The fourth-order valence-electron chi connectivity index (χ4n) is 1.35. The number of hydrogen-bond donors (Lipinski definition) is 1. The van der Waals surface area contributed by atoms with Gasteiger partial charge < -0.3 is 5.32 Å². The van der Waals surface area contributed by atoms with Crippen LogP contribution in [-0.4, -0.2) is 6.54 Å². The van der Waals surface area contributed by atoms with Crippen molar-refractivity contribution in [3.8, 4) is 0 Å². The lowest BCUT2D eigenvalue weighted by molar-refractivity contribution is 0.430. The molecular formula is C7H10N. The minimum absolute atomic E-state index is 0.840. The molecule has 3 aliphatic rings. The molecule has 2 heterocycles. The molecule has 1 heteroatoms. The monoisotopic (exact) mass is 108 g/mol. The number of hydrogen-bond acceptors (Lipinski definition) is 1. The molecule has 0 saturated carbocycles. The van der Waals surface area contributed by atoms with E-state index in [1.165, 1.54) is 25.4 Å². The molecule has 0 aromatic heterocycles. The standard InChI is InChI=1S/C7H10N/c1-3-7-4-2-6(1)5-8-7/h1,3,6,8H,2,4-5H2. The average Bonchev–Trinajstić information content (AvgIpc) is 1.92. The summed E-state index contributed by atoms with van der Waals surface area (Å²) in [6, 6.07) is 1.44. The molecule has 1 nitrogen and oxygen atoms in total. The summed E-state index contributed by atoms with van der Waals surface area (Å²) in [5.74, 6) is 0.840. The highest BCUT2D eigenvalue weighted by Crippen LogP contribution is 2.26. The maximum absolute atomic E-state index is 3.35. The molecule has 1 N–H and O–H groups in total. The smallest absolute Gasteiger partial charge is 0.0586 e. The van der Waals surface area contributed by atoms with Gasteiger partial charge >= 0.3 is 0 Å². The van der Waals surface area contributed by atoms with Crippen molar-refractivity contribution in [3.05, 3.63) is 18.2 Å². The first kappa shape index (κ1) is 4.57. The quantitative estimate of drug-likeness (QED) is 0.489. The van der Waals surface area contributed by atoms with E-state index in [0.29, 0.717) is 0 Å². The predicted octanol–water partition coefficient (Wildman–Crippen LogP) is 1.09. The lowest BCUT2D eigenvalue weighted by Gasteiger charge is -2.30. The molecule has 0 spiro atoms. The van der Waals surface area contributed by atoms with E-state index in [4.69, 9.17) is 0 Å². The van der Waals surface area contributed by atoms with E-state index in [1.54, 1.807) is 0 Å². The highest BCUT2D eigenvalue weighted by molar-refractivity contribution is 5.18. The zero-order valence-electron chi connectivity index (χ0n) is 4.85. The lowest BCUT2D eigenvalue weighted by Crippen LogP contribution is -2.34. The fourth-order valence-corrected chi connectivity index (χ4v) is 1.35. The van der Waals surface area contributed by atoms with Crippen molar-refractivity contribution in [2.75, 3.05) is 6.54 Å².